The molecule has 0 radical (unpaired) electrons. The largest absolute Gasteiger partial charge is 0.311 e. The Balaban J connectivity index is 2.38. The molecule has 6 heteroatoms. The lowest BCUT2D eigenvalue weighted by Crippen LogP contribution is -2.39. The Morgan fingerprint density at radius 3 is 2.71 bits per heavy atom. The Kier molecular flexibility index (Phi) is 2.08. The number of carbonyl (C=O) groups is 1. The molecule has 0 aromatic heterocycles. The highest BCUT2D eigenvalue weighted by atomic mass is 32.2. The van der Waals surface area contributed by atoms with Crippen LogP contribution in [0.1, 0.15) is 13.3 Å². The van der Waals surface area contributed by atoms with E-state index >= 15 is 0 Å². The average molecular weight is 218 g/mol. The van der Waals surface area contributed by atoms with Crippen LogP contribution in [0.5, 0.6) is 0 Å². The number of fused-ring (bicyclic) bond motifs is 1. The molecule has 80 valence electrons. The van der Waals surface area contributed by atoms with E-state index in [1.807, 2.05) is 0 Å². The number of hydrogen-bond donors (Lipinski definition) is 1. The molecule has 2 fully saturated rings. The van der Waals surface area contributed by atoms with Crippen LogP contribution in [0.2, 0.25) is 0 Å². The normalized spacial score (nSPS) is 37.7. The van der Waals surface area contributed by atoms with Crippen molar-refractivity contribution in [2.75, 3.05) is 12.8 Å². The zero-order valence-corrected chi connectivity index (χ0v) is 9.04. The van der Waals surface area contributed by atoms with Crippen LogP contribution in [0, 0.1) is 5.92 Å². The Bertz CT molecular complexity index is 365. The van der Waals surface area contributed by atoms with Gasteiger partial charge in [-0.3, -0.25) is 4.79 Å². The predicted octanol–water partition coefficient (Wildman–Crippen LogP) is -0.845. The first-order valence-corrected chi connectivity index (χ1v) is 6.54. The van der Waals surface area contributed by atoms with Gasteiger partial charge in [0.1, 0.15) is 0 Å². The van der Waals surface area contributed by atoms with Crippen LogP contribution >= 0.6 is 0 Å². The molecule has 3 atom stereocenters. The molecule has 1 amide bonds. The summed E-state index contributed by atoms with van der Waals surface area (Å²) >= 11 is 0. The van der Waals surface area contributed by atoms with Crippen molar-refractivity contribution in [3.05, 3.63) is 0 Å². The number of nitrogens with zero attached hydrogens (tertiary/aromatic N) is 1. The maximum Gasteiger partial charge on any atom is 0.240 e. The van der Waals surface area contributed by atoms with Gasteiger partial charge in [0.2, 0.25) is 15.9 Å². The molecule has 2 rings (SSSR count). The van der Waals surface area contributed by atoms with Crippen molar-refractivity contribution < 1.29 is 13.2 Å². The third-order valence-electron chi connectivity index (χ3n) is 3.04. The number of carbonyl (C=O) groups excluding carboxylic acids is 1. The van der Waals surface area contributed by atoms with E-state index < -0.39 is 10.0 Å². The molecule has 2 saturated heterocycles. The summed E-state index contributed by atoms with van der Waals surface area (Å²) in [6.45, 7) is 2.57. The van der Waals surface area contributed by atoms with Crippen molar-refractivity contribution in [1.29, 1.82) is 0 Å². The number of hydrogen-bond acceptors (Lipinski definition) is 4. The summed E-state index contributed by atoms with van der Waals surface area (Å²) in [7, 11) is -3.40. The van der Waals surface area contributed by atoms with Gasteiger partial charge in [-0.05, 0) is 13.0 Å². The van der Waals surface area contributed by atoms with Gasteiger partial charge < -0.3 is 5.32 Å². The van der Waals surface area contributed by atoms with Crippen LogP contribution in [0.4, 0.5) is 0 Å². The fraction of sp³-hybridized carbons (Fsp3) is 0.875. The molecule has 0 aromatic carbocycles. The van der Waals surface area contributed by atoms with Crippen molar-refractivity contribution >= 4 is 15.9 Å². The minimum absolute atomic E-state index is 0.0113. The molecule has 2 aliphatic heterocycles. The smallest absolute Gasteiger partial charge is 0.240 e. The molecule has 2 aliphatic rings. The summed E-state index contributed by atoms with van der Waals surface area (Å²) in [5.74, 6) is -0.494. The van der Waals surface area contributed by atoms with Crippen LogP contribution in [-0.2, 0) is 14.8 Å². The summed E-state index contributed by atoms with van der Waals surface area (Å²) in [5, 5.41) is 3.17. The average Bonchev–Trinajstić information content (AvgIpc) is 2.55. The first kappa shape index (κ1) is 9.92. The molecule has 0 bridgehead atoms. The first-order valence-electron chi connectivity index (χ1n) is 4.69. The lowest BCUT2D eigenvalue weighted by Gasteiger charge is -2.20. The number of nitrogens with one attached hydrogen (secondary N) is 1. The maximum absolute atomic E-state index is 11.7. The Morgan fingerprint density at radius 2 is 2.14 bits per heavy atom. The Hall–Kier alpha value is -0.620. The molecular formula is C8H14N2O3S. The summed E-state index contributed by atoms with van der Waals surface area (Å²) in [5.41, 5.74) is 0. The van der Waals surface area contributed by atoms with Crippen LogP contribution in [-0.4, -0.2) is 43.5 Å². The fourth-order valence-electron chi connectivity index (χ4n) is 2.41. The molecule has 2 heterocycles. The van der Waals surface area contributed by atoms with Crippen LogP contribution in [0.25, 0.3) is 0 Å². The summed E-state index contributed by atoms with van der Waals surface area (Å²) in [4.78, 5) is 11.7. The SMILES string of the molecule is C[C@@H]1C(=O)N(S(C)(=O)=O)C2CCN[C@H]21. The minimum atomic E-state index is -3.40. The van der Waals surface area contributed by atoms with Gasteiger partial charge in [0.25, 0.3) is 0 Å². The Morgan fingerprint density at radius 1 is 1.50 bits per heavy atom. The second kappa shape index (κ2) is 2.93. The van der Waals surface area contributed by atoms with Gasteiger partial charge >= 0.3 is 0 Å². The molecule has 1 unspecified atom stereocenters. The van der Waals surface area contributed by atoms with Crippen molar-refractivity contribution in [3.8, 4) is 0 Å². The van der Waals surface area contributed by atoms with Crippen LogP contribution in [0.3, 0.4) is 0 Å². The van der Waals surface area contributed by atoms with E-state index in [1.54, 1.807) is 6.92 Å². The lowest BCUT2D eigenvalue weighted by atomic mass is 10.0. The zero-order chi connectivity index (χ0) is 10.5. The summed E-state index contributed by atoms with van der Waals surface area (Å²) in [6, 6.07) is -0.148. The van der Waals surface area contributed by atoms with Gasteiger partial charge in [-0.15, -0.1) is 0 Å². The quantitative estimate of drug-likeness (QED) is 0.623. The van der Waals surface area contributed by atoms with Crippen molar-refractivity contribution in [2.24, 2.45) is 5.92 Å². The van der Waals surface area contributed by atoms with Crippen molar-refractivity contribution in [3.63, 3.8) is 0 Å². The predicted molar refractivity (Wildman–Crippen MR) is 51.0 cm³/mol. The van der Waals surface area contributed by atoms with Gasteiger partial charge in [0.05, 0.1) is 18.2 Å². The van der Waals surface area contributed by atoms with E-state index in [0.29, 0.717) is 0 Å². The monoisotopic (exact) mass is 218 g/mol. The summed E-state index contributed by atoms with van der Waals surface area (Å²) < 4.78 is 23.9. The van der Waals surface area contributed by atoms with Gasteiger partial charge in [0, 0.05) is 6.04 Å². The van der Waals surface area contributed by atoms with Crippen molar-refractivity contribution in [2.45, 2.75) is 25.4 Å². The van der Waals surface area contributed by atoms with Gasteiger partial charge in [-0.1, -0.05) is 6.92 Å². The molecule has 5 nitrogen and oxygen atoms in total. The van der Waals surface area contributed by atoms with E-state index in [4.69, 9.17) is 0 Å². The molecule has 1 N–H and O–H groups in total. The zero-order valence-electron chi connectivity index (χ0n) is 8.23. The van der Waals surface area contributed by atoms with Crippen LogP contribution in [0.15, 0.2) is 0 Å². The highest BCUT2D eigenvalue weighted by Crippen LogP contribution is 2.32. The standard InChI is InChI=1S/C8H14N2O3S/c1-5-7-6(3-4-9-7)10(8(5)11)14(2,12)13/h5-7,9H,3-4H2,1-2H3/t5-,6?,7-/m0/s1. The molecule has 0 spiro atoms. The molecule has 0 saturated carbocycles. The number of amides is 1. The Labute approximate surface area is 83.5 Å². The van der Waals surface area contributed by atoms with Crippen molar-refractivity contribution in [1.82, 2.24) is 9.62 Å². The second-order valence-electron chi connectivity index (χ2n) is 4.02. The third kappa shape index (κ3) is 1.25. The van der Waals surface area contributed by atoms with E-state index in [0.717, 1.165) is 23.5 Å². The van der Waals surface area contributed by atoms with E-state index in [9.17, 15) is 13.2 Å². The van der Waals surface area contributed by atoms with E-state index in [2.05, 4.69) is 5.32 Å². The third-order valence-corrected chi connectivity index (χ3v) is 4.20. The lowest BCUT2D eigenvalue weighted by molar-refractivity contribution is -0.127. The van der Waals surface area contributed by atoms with Crippen LogP contribution < -0.4 is 5.32 Å². The highest BCUT2D eigenvalue weighted by Gasteiger charge is 2.51. The maximum atomic E-state index is 11.7. The van der Waals surface area contributed by atoms with E-state index in [-0.39, 0.29) is 23.9 Å². The fourth-order valence-corrected chi connectivity index (χ4v) is 3.64. The number of rotatable bonds is 1. The second-order valence-corrected chi connectivity index (χ2v) is 5.88. The topological polar surface area (TPSA) is 66.5 Å². The summed E-state index contributed by atoms with van der Waals surface area (Å²) in [6.07, 6.45) is 1.83. The van der Waals surface area contributed by atoms with Gasteiger partial charge in [-0.2, -0.15) is 0 Å². The van der Waals surface area contributed by atoms with Gasteiger partial charge in [0.15, 0.2) is 0 Å². The molecule has 0 aromatic rings. The van der Waals surface area contributed by atoms with Gasteiger partial charge in [-0.25, -0.2) is 12.7 Å². The van der Waals surface area contributed by atoms with E-state index in [1.165, 1.54) is 0 Å². The molecule has 0 aliphatic carbocycles. The first-order chi connectivity index (χ1) is 6.43. The highest BCUT2D eigenvalue weighted by molar-refractivity contribution is 7.88. The minimum Gasteiger partial charge on any atom is -0.311 e. The molecular weight excluding hydrogens is 204 g/mol. The molecule has 14 heavy (non-hydrogen) atoms. The number of sulfonamides is 1.